The number of hydrogen-bond acceptors (Lipinski definition) is 3. The number of aliphatic imine (C=N–C) groups is 1. The van der Waals surface area contributed by atoms with Crippen LogP contribution in [0.15, 0.2) is 10.4 Å². The number of nitrogens with one attached hydrogen (secondary N) is 2. The van der Waals surface area contributed by atoms with Crippen LogP contribution in [0.25, 0.3) is 0 Å². The predicted molar refractivity (Wildman–Crippen MR) is 79.7 cm³/mol. The van der Waals surface area contributed by atoms with E-state index in [-0.39, 0.29) is 0 Å². The molecule has 0 aliphatic rings. The fourth-order valence-corrected chi connectivity index (χ4v) is 2.34. The summed E-state index contributed by atoms with van der Waals surface area (Å²) in [6, 6.07) is 0. The number of hydrogen-bond donors (Lipinski definition) is 2. The van der Waals surface area contributed by atoms with Crippen molar-refractivity contribution in [3.63, 3.8) is 0 Å². The summed E-state index contributed by atoms with van der Waals surface area (Å²) in [5, 5.41) is 7.72. The summed E-state index contributed by atoms with van der Waals surface area (Å²) in [5.41, 5.74) is -0.814. The Balaban J connectivity index is 2.43. The summed E-state index contributed by atoms with van der Waals surface area (Å²) in [6.07, 6.45) is -1.84. The van der Waals surface area contributed by atoms with Crippen LogP contribution in [0, 0.1) is 0 Å². The van der Waals surface area contributed by atoms with Gasteiger partial charge in [-0.05, 0) is 13.3 Å². The number of rotatable bonds is 7. The van der Waals surface area contributed by atoms with Gasteiger partial charge in [-0.1, -0.05) is 13.3 Å². The first-order valence-corrected chi connectivity index (χ1v) is 7.89. The van der Waals surface area contributed by atoms with Crippen molar-refractivity contribution < 1.29 is 13.2 Å². The van der Waals surface area contributed by atoms with Crippen LogP contribution in [0.2, 0.25) is 0 Å². The second kappa shape index (κ2) is 8.86. The summed E-state index contributed by atoms with van der Waals surface area (Å²) >= 11 is 1.03. The zero-order chi connectivity index (χ0) is 15.7. The largest absolute Gasteiger partial charge is 0.434 e. The van der Waals surface area contributed by atoms with E-state index < -0.39 is 11.9 Å². The lowest BCUT2D eigenvalue weighted by molar-refractivity contribution is -0.140. The second-order valence-corrected chi connectivity index (χ2v) is 5.36. The minimum atomic E-state index is -4.36. The average molecular weight is 322 g/mol. The highest BCUT2D eigenvalue weighted by Crippen LogP contribution is 2.29. The third kappa shape index (κ3) is 6.79. The van der Waals surface area contributed by atoms with Crippen molar-refractivity contribution in [3.8, 4) is 0 Å². The molecule has 0 unspecified atom stereocenters. The van der Waals surface area contributed by atoms with E-state index >= 15 is 0 Å². The van der Waals surface area contributed by atoms with Gasteiger partial charge in [-0.3, -0.25) is 4.99 Å². The SMILES string of the molecule is CCCCN=C(NCC)NCCc1nc(C(F)(F)F)cs1. The Morgan fingerprint density at radius 3 is 2.67 bits per heavy atom. The van der Waals surface area contributed by atoms with Gasteiger partial charge in [0, 0.05) is 31.4 Å². The molecule has 0 aromatic carbocycles. The highest BCUT2D eigenvalue weighted by atomic mass is 32.1. The van der Waals surface area contributed by atoms with Gasteiger partial charge in [0.2, 0.25) is 0 Å². The summed E-state index contributed by atoms with van der Waals surface area (Å²) in [4.78, 5) is 7.97. The molecule has 0 fully saturated rings. The van der Waals surface area contributed by atoms with Gasteiger partial charge < -0.3 is 10.6 Å². The summed E-state index contributed by atoms with van der Waals surface area (Å²) in [6.45, 7) is 6.04. The second-order valence-electron chi connectivity index (χ2n) is 4.42. The number of halogens is 3. The van der Waals surface area contributed by atoms with Crippen molar-refractivity contribution in [2.45, 2.75) is 39.3 Å². The van der Waals surface area contributed by atoms with Crippen LogP contribution >= 0.6 is 11.3 Å². The van der Waals surface area contributed by atoms with Crippen molar-refractivity contribution in [1.82, 2.24) is 15.6 Å². The van der Waals surface area contributed by atoms with Crippen LogP contribution in [-0.4, -0.2) is 30.6 Å². The molecule has 0 radical (unpaired) electrons. The van der Waals surface area contributed by atoms with Crippen LogP contribution in [0.3, 0.4) is 0 Å². The molecule has 0 aliphatic heterocycles. The zero-order valence-corrected chi connectivity index (χ0v) is 13.1. The molecule has 0 atom stereocenters. The van der Waals surface area contributed by atoms with Crippen LogP contribution in [0.5, 0.6) is 0 Å². The van der Waals surface area contributed by atoms with Gasteiger partial charge in [0.15, 0.2) is 11.7 Å². The molecule has 2 N–H and O–H groups in total. The van der Waals surface area contributed by atoms with Gasteiger partial charge in [0.05, 0.1) is 5.01 Å². The van der Waals surface area contributed by atoms with Crippen molar-refractivity contribution in [1.29, 1.82) is 0 Å². The Morgan fingerprint density at radius 2 is 2.10 bits per heavy atom. The molecule has 0 bridgehead atoms. The van der Waals surface area contributed by atoms with Crippen LogP contribution in [0.4, 0.5) is 13.2 Å². The molecule has 1 aromatic heterocycles. The van der Waals surface area contributed by atoms with Gasteiger partial charge in [-0.15, -0.1) is 11.3 Å². The standard InChI is InChI=1S/C13H21F3N4S/c1-3-5-7-18-12(17-4-2)19-8-6-11-20-10(9-21-11)13(14,15)16/h9H,3-8H2,1-2H3,(H2,17,18,19). The highest BCUT2D eigenvalue weighted by Gasteiger charge is 2.33. The van der Waals surface area contributed by atoms with Gasteiger partial charge in [0.25, 0.3) is 0 Å². The molecule has 0 amide bonds. The molecule has 1 aromatic rings. The van der Waals surface area contributed by atoms with Crippen LogP contribution in [-0.2, 0) is 12.6 Å². The number of nitrogens with zero attached hydrogens (tertiary/aromatic N) is 2. The van der Waals surface area contributed by atoms with Crippen molar-refractivity contribution in [2.24, 2.45) is 4.99 Å². The topological polar surface area (TPSA) is 49.3 Å². The summed E-state index contributed by atoms with van der Waals surface area (Å²) in [5.74, 6) is 0.693. The number of unbranched alkanes of at least 4 members (excludes halogenated alkanes) is 1. The maximum atomic E-state index is 12.4. The van der Waals surface area contributed by atoms with Gasteiger partial charge in [0.1, 0.15) is 0 Å². The van der Waals surface area contributed by atoms with E-state index in [4.69, 9.17) is 0 Å². The van der Waals surface area contributed by atoms with Gasteiger partial charge >= 0.3 is 6.18 Å². The molecule has 8 heteroatoms. The predicted octanol–water partition coefficient (Wildman–Crippen LogP) is 3.06. The van der Waals surface area contributed by atoms with E-state index in [1.807, 2.05) is 6.92 Å². The molecule has 120 valence electrons. The lowest BCUT2D eigenvalue weighted by Crippen LogP contribution is -2.38. The first-order valence-electron chi connectivity index (χ1n) is 7.01. The molecule has 0 spiro atoms. The third-order valence-electron chi connectivity index (χ3n) is 2.60. The lowest BCUT2D eigenvalue weighted by atomic mass is 10.3. The number of alkyl halides is 3. The lowest BCUT2D eigenvalue weighted by Gasteiger charge is -2.10. The first kappa shape index (κ1) is 17.7. The Kier molecular flexibility index (Phi) is 7.49. The molecule has 0 aliphatic carbocycles. The smallest absolute Gasteiger partial charge is 0.357 e. The Hall–Kier alpha value is -1.31. The highest BCUT2D eigenvalue weighted by molar-refractivity contribution is 7.09. The van der Waals surface area contributed by atoms with E-state index in [1.165, 1.54) is 0 Å². The minimum absolute atomic E-state index is 0.443. The number of guanidine groups is 1. The van der Waals surface area contributed by atoms with E-state index in [0.29, 0.717) is 23.9 Å². The minimum Gasteiger partial charge on any atom is -0.357 e. The van der Waals surface area contributed by atoms with Crippen LogP contribution < -0.4 is 10.6 Å². The van der Waals surface area contributed by atoms with E-state index in [0.717, 1.165) is 42.6 Å². The molecular weight excluding hydrogens is 301 g/mol. The van der Waals surface area contributed by atoms with Crippen molar-refractivity contribution in [2.75, 3.05) is 19.6 Å². The average Bonchev–Trinajstić information content (AvgIpc) is 2.88. The van der Waals surface area contributed by atoms with Crippen molar-refractivity contribution >= 4 is 17.3 Å². The summed E-state index contributed by atoms with van der Waals surface area (Å²) in [7, 11) is 0. The van der Waals surface area contributed by atoms with Gasteiger partial charge in [-0.25, -0.2) is 4.98 Å². The molecule has 0 saturated heterocycles. The fourth-order valence-electron chi connectivity index (χ4n) is 1.53. The molecule has 0 saturated carbocycles. The van der Waals surface area contributed by atoms with E-state index in [1.54, 1.807) is 0 Å². The Labute approximate surface area is 126 Å². The monoisotopic (exact) mass is 322 g/mol. The maximum absolute atomic E-state index is 12.4. The number of aromatic nitrogens is 1. The normalized spacial score (nSPS) is 12.5. The molecular formula is C13H21F3N4S. The fraction of sp³-hybridized carbons (Fsp3) is 0.692. The molecule has 4 nitrogen and oxygen atoms in total. The van der Waals surface area contributed by atoms with Crippen LogP contribution in [0.1, 0.15) is 37.4 Å². The Bertz CT molecular complexity index is 443. The third-order valence-corrected chi connectivity index (χ3v) is 3.51. The molecule has 1 rings (SSSR count). The Morgan fingerprint density at radius 1 is 1.33 bits per heavy atom. The van der Waals surface area contributed by atoms with E-state index in [2.05, 4.69) is 27.5 Å². The quantitative estimate of drug-likeness (QED) is 0.461. The first-order chi connectivity index (χ1) is 9.97. The van der Waals surface area contributed by atoms with Gasteiger partial charge in [-0.2, -0.15) is 13.2 Å². The summed E-state index contributed by atoms with van der Waals surface area (Å²) < 4.78 is 37.3. The van der Waals surface area contributed by atoms with Crippen molar-refractivity contribution in [3.05, 3.63) is 16.1 Å². The molecule has 1 heterocycles. The number of thiazole rings is 1. The van der Waals surface area contributed by atoms with E-state index in [9.17, 15) is 13.2 Å². The zero-order valence-electron chi connectivity index (χ0n) is 12.3. The maximum Gasteiger partial charge on any atom is 0.434 e. The molecule has 21 heavy (non-hydrogen) atoms.